The summed E-state index contributed by atoms with van der Waals surface area (Å²) in [6.45, 7) is 2.21. The fraction of sp³-hybridized carbons (Fsp3) is 0.0947. The van der Waals surface area contributed by atoms with Crippen LogP contribution in [0.5, 0.6) is 0 Å². The van der Waals surface area contributed by atoms with Gasteiger partial charge in [0, 0.05) is 132 Å². The smallest absolute Gasteiger partial charge is 0.403 e. The van der Waals surface area contributed by atoms with E-state index in [-0.39, 0.29) is 62.4 Å². The minimum Gasteiger partial charge on any atom is -0.403 e. The highest BCUT2D eigenvalue weighted by atomic mass is 19.4. The lowest BCUT2D eigenvalue weighted by Crippen LogP contribution is -2.08. The van der Waals surface area contributed by atoms with Crippen LogP contribution in [0.3, 0.4) is 0 Å². The normalized spacial score (nSPS) is 12.0. The van der Waals surface area contributed by atoms with Gasteiger partial charge in [-0.2, -0.15) is 33.6 Å². The monoisotopic (exact) mass is 1850 g/mol. The number of fused-ring (bicyclic) bond motifs is 7. The van der Waals surface area contributed by atoms with Crippen LogP contribution >= 0.6 is 0 Å². The van der Waals surface area contributed by atoms with Crippen LogP contribution in [0.25, 0.3) is 169 Å². The first-order chi connectivity index (χ1) is 67.3. The molecule has 0 fully saturated rings. The number of pyridine rings is 7. The fourth-order valence-electron chi connectivity index (χ4n) is 16.8. The van der Waals surface area contributed by atoms with Crippen molar-refractivity contribution in [3.8, 4) is 107 Å². The number of H-pyrrole nitrogens is 4. The van der Waals surface area contributed by atoms with Gasteiger partial charge in [-0.3, -0.25) is 27.2 Å². The lowest BCUT2D eigenvalue weighted by molar-refractivity contribution is -0.137. The molecule has 36 nitrogen and oxygen atoms in total. The maximum Gasteiger partial charge on any atom is 0.417 e. The number of alkyl halides is 3. The molecule has 0 amide bonds. The topological polar surface area (TPSA) is 415 Å². The Hall–Kier alpha value is -18.9. The number of rotatable bonds is 26. The Morgan fingerprint density at radius 3 is 1.44 bits per heavy atom. The second-order valence-corrected chi connectivity index (χ2v) is 32.7. The van der Waals surface area contributed by atoms with Crippen LogP contribution in [-0.4, -0.2) is 153 Å². The zero-order valence-corrected chi connectivity index (χ0v) is 72.0. The highest BCUT2D eigenvalue weighted by Crippen LogP contribution is 2.40. The number of aryl methyl sites for hydroxylation is 2. The summed E-state index contributed by atoms with van der Waals surface area (Å²) in [5, 5.41) is 64.5. The molecule has 0 atom stereocenters. The van der Waals surface area contributed by atoms with E-state index < -0.39 is 35.0 Å². The van der Waals surface area contributed by atoms with Gasteiger partial charge in [0.25, 0.3) is 0 Å². The number of imidazole rings is 4. The Labute approximate surface area is 770 Å². The molecule has 0 saturated heterocycles. The first-order valence-corrected chi connectivity index (χ1v) is 43.0. The Bertz CT molecular complexity index is 8890. The van der Waals surface area contributed by atoms with Gasteiger partial charge in [-0.25, -0.2) is 62.1 Å². The van der Waals surface area contributed by atoms with Crippen LogP contribution in [-0.2, 0) is 52.5 Å². The van der Waals surface area contributed by atoms with Crippen molar-refractivity contribution in [1.82, 2.24) is 153 Å². The Morgan fingerprint density at radius 2 is 0.862 bits per heavy atom. The molecule has 0 aliphatic carbocycles. The molecule has 0 spiro atoms. The minimum absolute atomic E-state index is 0.000948. The summed E-state index contributed by atoms with van der Waals surface area (Å²) in [7, 11) is 1.80. The van der Waals surface area contributed by atoms with Crippen molar-refractivity contribution in [2.75, 3.05) is 21.3 Å². The Kier molecular flexibility index (Phi) is 19.8. The zero-order chi connectivity index (χ0) is 93.1. The molecule has 676 valence electrons. The molecule has 24 aromatic rings. The van der Waals surface area contributed by atoms with Crippen LogP contribution in [0.15, 0.2) is 249 Å². The first kappa shape index (κ1) is 82.3. The largest absolute Gasteiger partial charge is 0.417 e. The average molecular weight is 1850 g/mol. The number of hydrogen-bond donors (Lipinski definition) is 8. The molecule has 0 bridgehead atoms. The lowest BCUT2D eigenvalue weighted by Gasteiger charge is -2.10. The van der Waals surface area contributed by atoms with Crippen molar-refractivity contribution < 1.29 is 35.2 Å². The van der Waals surface area contributed by atoms with Gasteiger partial charge in [0.1, 0.15) is 68.6 Å². The van der Waals surface area contributed by atoms with Crippen molar-refractivity contribution >= 4 is 85.5 Å². The van der Waals surface area contributed by atoms with Crippen molar-refractivity contribution in [2.24, 2.45) is 7.05 Å². The zero-order valence-electron chi connectivity index (χ0n) is 72.0. The van der Waals surface area contributed by atoms with E-state index in [1.165, 1.54) is 30.3 Å². The van der Waals surface area contributed by atoms with E-state index in [0.717, 1.165) is 27.9 Å². The maximum atomic E-state index is 16.9. The highest BCUT2D eigenvalue weighted by Gasteiger charge is 2.32. The molecular formula is C95H66F7N35O. The predicted molar refractivity (Wildman–Crippen MR) is 494 cm³/mol. The molecule has 138 heavy (non-hydrogen) atoms. The quantitative estimate of drug-likeness (QED) is 0.0233. The van der Waals surface area contributed by atoms with Crippen molar-refractivity contribution in [2.45, 2.75) is 52.4 Å². The van der Waals surface area contributed by atoms with E-state index in [1.807, 2.05) is 115 Å². The third kappa shape index (κ3) is 15.5. The van der Waals surface area contributed by atoms with E-state index >= 15 is 17.6 Å². The minimum atomic E-state index is -4.60. The number of benzene rings is 5. The number of nitrogens with one attached hydrogen (secondary N) is 8. The van der Waals surface area contributed by atoms with Crippen molar-refractivity contribution in [3.05, 3.63) is 312 Å². The standard InChI is InChI=1S/C95H66F7N35O/c1-49-9-8-13-76-125-129-93(137(49)76)106-36-57-20-16-53(29-72(57)98)68-32-65(113-88-80(68)117-85(121-88)62-41-111-136(45-62)77-33-69(81-89(114-77)122-82(118-81)59-38-108-131(2)42-59)54-17-21-58(73(99)30-54)37-107-94-130-126-90(138-94)50-10-4-3-5-11-50)48-133-44-61(40-110-133)84-116-79-67(52-15-19-56(71(97)28-52)34-104-91-127-123-74-12-6-7-26-134(74)91)31-64(112-87(79)120-84)47-132-43-60(39-109-132)83-115-78-66(24-25-103-86(78)119-83)51-14-18-55(70(96)27-51)35-105-92-128-124-75-23-22-63(46-135(75)92)95(100,101)102/h3-33,38-46H,34-37,47-48H2,1-2H3,(H,104,127)(H,105,128)(H,106,129)(H,107,130)(H,103,115,119)(H,112,116,120)(H,113,117,121)(H,114,118,122). The maximum absolute atomic E-state index is 16.9. The summed E-state index contributed by atoms with van der Waals surface area (Å²) in [5.41, 5.74) is 14.2. The van der Waals surface area contributed by atoms with E-state index in [4.69, 9.17) is 54.6 Å². The predicted octanol–water partition coefficient (Wildman–Crippen LogP) is 17.0. The number of aromatic amines is 4. The third-order valence-corrected chi connectivity index (χ3v) is 23.7. The summed E-state index contributed by atoms with van der Waals surface area (Å²) >= 11 is 0. The molecule has 8 N–H and O–H groups in total. The molecule has 0 unspecified atom stereocenters. The molecule has 24 rings (SSSR count). The third-order valence-electron chi connectivity index (χ3n) is 23.7. The summed E-state index contributed by atoms with van der Waals surface area (Å²) < 4.78 is 124. The van der Waals surface area contributed by atoms with Gasteiger partial charge in [-0.05, 0) is 126 Å². The SMILES string of the molecule is Cc1cccc2nnc(NCc3ccc(-c4cc(Cn5cc(-c6nc7c(-c8ccc(CNc9nnc%10ccccn9%10)c(F)c8)cc(Cn8cc(-c9nc%10c(-c%11ccc(CNc%12nnc%13ccc(C(F)(F)F)cn%12%13)c(F)c%11)ccnc%10[nH]9)cn8)nc7[nH]6)cn5)nc5[nH]c(-c6cnn(-c7cc(-c8ccc(CNc9nnc(-c%10ccccc%10)o9)c(F)c8)c8nc(-c9cnn(C)c9)[nH]c8n7)c6)nc45)cc3F)n12. The van der Waals surface area contributed by atoms with E-state index in [9.17, 15) is 13.2 Å². The number of hydrogen-bond acceptors (Lipinski definition) is 25. The molecule has 0 aliphatic heterocycles. The van der Waals surface area contributed by atoms with Crippen molar-refractivity contribution in [1.29, 1.82) is 0 Å². The number of anilines is 4. The van der Waals surface area contributed by atoms with Gasteiger partial charge in [0.15, 0.2) is 45.3 Å². The lowest BCUT2D eigenvalue weighted by atomic mass is 10.0. The van der Waals surface area contributed by atoms with Crippen LogP contribution in [0.2, 0.25) is 0 Å². The van der Waals surface area contributed by atoms with Crippen molar-refractivity contribution in [3.63, 3.8) is 0 Å². The molecule has 5 aromatic carbocycles. The van der Waals surface area contributed by atoms with E-state index in [1.54, 1.807) is 128 Å². The highest BCUT2D eigenvalue weighted by molar-refractivity contribution is 5.96. The average Bonchev–Trinajstić information content (AvgIpc) is 1.61. The van der Waals surface area contributed by atoms with E-state index in [2.05, 4.69) is 92.1 Å². The van der Waals surface area contributed by atoms with Gasteiger partial charge in [-0.15, -0.1) is 35.7 Å². The van der Waals surface area contributed by atoms with Crippen LogP contribution < -0.4 is 21.3 Å². The van der Waals surface area contributed by atoms with Gasteiger partial charge < -0.3 is 45.6 Å². The Morgan fingerprint density at radius 1 is 0.377 bits per heavy atom. The molecule has 0 radical (unpaired) electrons. The van der Waals surface area contributed by atoms with Gasteiger partial charge in [0.2, 0.25) is 23.7 Å². The number of halogens is 7. The molecule has 0 aliphatic rings. The molecular weight excluding hydrogens is 1780 g/mol. The van der Waals surface area contributed by atoms with Crippen LogP contribution in [0, 0.1) is 30.2 Å². The van der Waals surface area contributed by atoms with Gasteiger partial charge in [0.05, 0.1) is 77.1 Å². The second kappa shape index (κ2) is 33.1. The number of aromatic nitrogens is 31. The summed E-state index contributed by atoms with van der Waals surface area (Å²) in [5.74, 6) is 1.07. The summed E-state index contributed by atoms with van der Waals surface area (Å²) in [6, 6.07) is 49.4. The molecule has 19 heterocycles. The Balaban J connectivity index is 0.535. The molecule has 0 saturated carbocycles. The molecule has 43 heteroatoms. The van der Waals surface area contributed by atoms with Gasteiger partial charge in [-0.1, -0.05) is 84.0 Å². The summed E-state index contributed by atoms with van der Waals surface area (Å²) in [4.78, 5) is 53.6. The van der Waals surface area contributed by atoms with E-state index in [0.29, 0.717) is 198 Å². The first-order valence-electron chi connectivity index (χ1n) is 43.0. The van der Waals surface area contributed by atoms with Crippen LogP contribution in [0.4, 0.5) is 54.6 Å². The molecule has 19 aromatic heterocycles. The fourth-order valence-corrected chi connectivity index (χ4v) is 16.8. The summed E-state index contributed by atoms with van der Waals surface area (Å²) in [6.07, 6.45) is 13.4. The van der Waals surface area contributed by atoms with Crippen LogP contribution in [0.1, 0.15) is 44.9 Å². The number of nitrogens with zero attached hydrogens (tertiary/aromatic N) is 27. The second-order valence-electron chi connectivity index (χ2n) is 32.7. The van der Waals surface area contributed by atoms with Gasteiger partial charge >= 0.3 is 12.2 Å².